The number of benzene rings is 1. The summed E-state index contributed by atoms with van der Waals surface area (Å²) >= 11 is 3.36. The molecule has 0 aliphatic heterocycles. The lowest BCUT2D eigenvalue weighted by atomic mass is 9.55. The molecule has 2 atom stereocenters. The van der Waals surface area contributed by atoms with Crippen LogP contribution < -0.4 is 10.5 Å². The summed E-state index contributed by atoms with van der Waals surface area (Å²) < 4.78 is 19.9. The summed E-state index contributed by atoms with van der Waals surface area (Å²) in [6.07, 6.45) is 7.22. The first kappa shape index (κ1) is 13.4. The number of hydrogen-bond acceptors (Lipinski definition) is 2. The zero-order valence-electron chi connectivity index (χ0n) is 10.9. The number of halogens is 2. The van der Waals surface area contributed by atoms with E-state index >= 15 is 0 Å². The molecule has 0 aromatic heterocycles. The predicted octanol–water partition coefficient (Wildman–Crippen LogP) is 4.02. The molecule has 3 rings (SSSR count). The summed E-state index contributed by atoms with van der Waals surface area (Å²) in [5.41, 5.74) is 6.40. The van der Waals surface area contributed by atoms with Gasteiger partial charge in [0.2, 0.25) is 0 Å². The summed E-state index contributed by atoms with van der Waals surface area (Å²) in [5, 5.41) is 0. The van der Waals surface area contributed by atoms with Crippen LogP contribution in [0.2, 0.25) is 0 Å². The summed E-state index contributed by atoms with van der Waals surface area (Å²) in [7, 11) is 0. The average molecular weight is 328 g/mol. The standard InChI is InChI=1S/C15H19BrFNO/c16-11-8-10(17)4-5-12(11)19-14-9-13(18)15(14)6-2-1-3-7-15/h4-5,8,13-14H,1-3,6-7,9,18H2. The summed E-state index contributed by atoms with van der Waals surface area (Å²) in [6, 6.07) is 4.84. The summed E-state index contributed by atoms with van der Waals surface area (Å²) in [4.78, 5) is 0. The molecule has 0 heterocycles. The molecular formula is C15H19BrFNO. The van der Waals surface area contributed by atoms with Crippen LogP contribution in [0.3, 0.4) is 0 Å². The lowest BCUT2D eigenvalue weighted by Crippen LogP contribution is -2.64. The van der Waals surface area contributed by atoms with Gasteiger partial charge in [-0.2, -0.15) is 0 Å². The van der Waals surface area contributed by atoms with Crippen molar-refractivity contribution in [3.63, 3.8) is 0 Å². The van der Waals surface area contributed by atoms with Gasteiger partial charge in [-0.25, -0.2) is 4.39 Å². The molecule has 1 aromatic carbocycles. The molecule has 0 amide bonds. The maximum atomic E-state index is 13.1. The van der Waals surface area contributed by atoms with Crippen LogP contribution in [-0.4, -0.2) is 12.1 Å². The molecule has 19 heavy (non-hydrogen) atoms. The van der Waals surface area contributed by atoms with Crippen molar-refractivity contribution in [2.45, 2.75) is 50.7 Å². The van der Waals surface area contributed by atoms with Crippen molar-refractivity contribution in [3.8, 4) is 5.75 Å². The van der Waals surface area contributed by atoms with Crippen LogP contribution in [0, 0.1) is 11.2 Å². The van der Waals surface area contributed by atoms with Gasteiger partial charge >= 0.3 is 0 Å². The quantitative estimate of drug-likeness (QED) is 0.890. The molecule has 2 saturated carbocycles. The Morgan fingerprint density at radius 1 is 1.26 bits per heavy atom. The highest BCUT2D eigenvalue weighted by Gasteiger charge is 2.55. The van der Waals surface area contributed by atoms with Crippen LogP contribution in [-0.2, 0) is 0 Å². The molecule has 2 unspecified atom stereocenters. The van der Waals surface area contributed by atoms with Gasteiger partial charge in [-0.05, 0) is 47.0 Å². The number of rotatable bonds is 2. The van der Waals surface area contributed by atoms with Crippen molar-refractivity contribution in [3.05, 3.63) is 28.5 Å². The second-order valence-electron chi connectivity index (χ2n) is 5.82. The van der Waals surface area contributed by atoms with E-state index in [2.05, 4.69) is 15.9 Å². The van der Waals surface area contributed by atoms with Crippen molar-refractivity contribution in [1.29, 1.82) is 0 Å². The number of nitrogens with two attached hydrogens (primary N) is 1. The van der Waals surface area contributed by atoms with Gasteiger partial charge < -0.3 is 10.5 Å². The van der Waals surface area contributed by atoms with E-state index in [1.54, 1.807) is 6.07 Å². The second kappa shape index (κ2) is 5.06. The molecule has 0 radical (unpaired) electrons. The van der Waals surface area contributed by atoms with Crippen LogP contribution in [0.1, 0.15) is 38.5 Å². The monoisotopic (exact) mass is 327 g/mol. The van der Waals surface area contributed by atoms with Gasteiger partial charge in [-0.15, -0.1) is 0 Å². The maximum Gasteiger partial charge on any atom is 0.134 e. The number of ether oxygens (including phenoxy) is 1. The molecule has 104 valence electrons. The van der Waals surface area contributed by atoms with Crippen molar-refractivity contribution in [1.82, 2.24) is 0 Å². The van der Waals surface area contributed by atoms with Gasteiger partial charge in [0.15, 0.2) is 0 Å². The minimum atomic E-state index is -0.253. The Morgan fingerprint density at radius 3 is 2.63 bits per heavy atom. The zero-order valence-corrected chi connectivity index (χ0v) is 12.5. The van der Waals surface area contributed by atoms with Crippen LogP contribution in [0.4, 0.5) is 4.39 Å². The molecule has 2 N–H and O–H groups in total. The van der Waals surface area contributed by atoms with Gasteiger partial charge in [-0.3, -0.25) is 0 Å². The van der Waals surface area contributed by atoms with Crippen LogP contribution in [0.15, 0.2) is 22.7 Å². The van der Waals surface area contributed by atoms with E-state index < -0.39 is 0 Å². The number of hydrogen-bond donors (Lipinski definition) is 1. The van der Waals surface area contributed by atoms with E-state index in [1.165, 1.54) is 31.4 Å². The van der Waals surface area contributed by atoms with E-state index in [9.17, 15) is 4.39 Å². The van der Waals surface area contributed by atoms with Crippen molar-refractivity contribution in [2.24, 2.45) is 11.1 Å². The molecule has 1 spiro atoms. The Bertz CT molecular complexity index is 473. The molecule has 4 heteroatoms. The second-order valence-corrected chi connectivity index (χ2v) is 6.67. The Hall–Kier alpha value is -0.610. The van der Waals surface area contributed by atoms with E-state index in [-0.39, 0.29) is 23.4 Å². The van der Waals surface area contributed by atoms with Crippen molar-refractivity contribution in [2.75, 3.05) is 0 Å². The van der Waals surface area contributed by atoms with E-state index in [1.807, 2.05) is 0 Å². The molecule has 0 saturated heterocycles. The third kappa shape index (κ3) is 2.29. The minimum absolute atomic E-state index is 0.159. The topological polar surface area (TPSA) is 35.2 Å². The summed E-state index contributed by atoms with van der Waals surface area (Å²) in [5.74, 6) is 0.472. The lowest BCUT2D eigenvalue weighted by Gasteiger charge is -2.56. The fraction of sp³-hybridized carbons (Fsp3) is 0.600. The fourth-order valence-electron chi connectivity index (χ4n) is 3.57. The van der Waals surface area contributed by atoms with Crippen molar-refractivity contribution < 1.29 is 9.13 Å². The first-order chi connectivity index (χ1) is 9.12. The Kier molecular flexibility index (Phi) is 3.56. The zero-order chi connectivity index (χ0) is 13.5. The molecule has 2 fully saturated rings. The van der Waals surface area contributed by atoms with E-state index in [4.69, 9.17) is 10.5 Å². The smallest absolute Gasteiger partial charge is 0.134 e. The molecule has 1 aromatic rings. The molecular weight excluding hydrogens is 309 g/mol. The molecule has 0 bridgehead atoms. The Balaban J connectivity index is 1.76. The largest absolute Gasteiger partial charge is 0.489 e. The maximum absolute atomic E-state index is 13.1. The van der Waals surface area contributed by atoms with Gasteiger partial charge in [0.1, 0.15) is 17.7 Å². The van der Waals surface area contributed by atoms with Crippen LogP contribution in [0.25, 0.3) is 0 Å². The van der Waals surface area contributed by atoms with Gasteiger partial charge in [0.25, 0.3) is 0 Å². The first-order valence-electron chi connectivity index (χ1n) is 6.99. The van der Waals surface area contributed by atoms with Crippen LogP contribution >= 0.6 is 15.9 Å². The fourth-order valence-corrected chi connectivity index (χ4v) is 4.01. The molecule has 2 nitrogen and oxygen atoms in total. The van der Waals surface area contributed by atoms with Gasteiger partial charge in [0, 0.05) is 17.9 Å². The third-order valence-electron chi connectivity index (χ3n) is 4.80. The van der Waals surface area contributed by atoms with E-state index in [0.29, 0.717) is 4.47 Å². The normalized spacial score (nSPS) is 29.0. The third-order valence-corrected chi connectivity index (χ3v) is 5.42. The highest BCUT2D eigenvalue weighted by Crippen LogP contribution is 2.52. The Labute approximate surface area is 121 Å². The minimum Gasteiger partial charge on any atom is -0.489 e. The molecule has 2 aliphatic carbocycles. The highest BCUT2D eigenvalue weighted by atomic mass is 79.9. The average Bonchev–Trinajstić information content (AvgIpc) is 2.42. The first-order valence-corrected chi connectivity index (χ1v) is 7.78. The van der Waals surface area contributed by atoms with Gasteiger partial charge in [0.05, 0.1) is 4.47 Å². The van der Waals surface area contributed by atoms with E-state index in [0.717, 1.165) is 25.0 Å². The SMILES string of the molecule is NC1CC(Oc2ccc(F)cc2Br)C12CCCCC2. The lowest BCUT2D eigenvalue weighted by molar-refractivity contribution is -0.0901. The van der Waals surface area contributed by atoms with Crippen LogP contribution in [0.5, 0.6) is 5.75 Å². The molecule has 2 aliphatic rings. The highest BCUT2D eigenvalue weighted by molar-refractivity contribution is 9.10. The Morgan fingerprint density at radius 2 is 2.00 bits per heavy atom. The van der Waals surface area contributed by atoms with Gasteiger partial charge in [-0.1, -0.05) is 19.3 Å². The predicted molar refractivity (Wildman–Crippen MR) is 76.6 cm³/mol. The van der Waals surface area contributed by atoms with Crippen molar-refractivity contribution >= 4 is 15.9 Å². The summed E-state index contributed by atoms with van der Waals surface area (Å²) in [6.45, 7) is 0.